The summed E-state index contributed by atoms with van der Waals surface area (Å²) < 4.78 is 0. The minimum atomic E-state index is 0.0676. The van der Waals surface area contributed by atoms with Gasteiger partial charge in [0.2, 0.25) is 0 Å². The monoisotopic (exact) mass is 284 g/mol. The summed E-state index contributed by atoms with van der Waals surface area (Å²) >= 11 is 0. The molecule has 112 valence electrons. The molecule has 1 aromatic heterocycles. The van der Waals surface area contributed by atoms with Crippen LogP contribution in [0.1, 0.15) is 50.2 Å². The number of rotatable bonds is 8. The summed E-state index contributed by atoms with van der Waals surface area (Å²) in [4.78, 5) is 8.89. The van der Waals surface area contributed by atoms with Crippen molar-refractivity contribution in [2.24, 2.45) is 0 Å². The second kappa shape index (κ2) is 8.53. The SMILES string of the molecule is CCCCCCCc1cnc(-c2ccc(CO)cc2)nc1. The van der Waals surface area contributed by atoms with Crippen LogP contribution in [0.25, 0.3) is 11.4 Å². The molecule has 1 heterocycles. The zero-order valence-corrected chi connectivity index (χ0v) is 12.8. The number of hydrogen-bond donors (Lipinski definition) is 1. The van der Waals surface area contributed by atoms with Crippen molar-refractivity contribution in [3.8, 4) is 11.4 Å². The molecule has 0 unspecified atom stereocenters. The zero-order valence-electron chi connectivity index (χ0n) is 12.8. The van der Waals surface area contributed by atoms with Gasteiger partial charge >= 0.3 is 0 Å². The molecule has 0 atom stereocenters. The second-order valence-corrected chi connectivity index (χ2v) is 5.43. The van der Waals surface area contributed by atoms with Gasteiger partial charge in [0.1, 0.15) is 0 Å². The quantitative estimate of drug-likeness (QED) is 0.741. The molecular weight excluding hydrogens is 260 g/mol. The van der Waals surface area contributed by atoms with Crippen LogP contribution in [-0.2, 0) is 13.0 Å². The first-order valence-corrected chi connectivity index (χ1v) is 7.84. The molecule has 21 heavy (non-hydrogen) atoms. The summed E-state index contributed by atoms with van der Waals surface area (Å²) in [5.74, 6) is 0.745. The highest BCUT2D eigenvalue weighted by Crippen LogP contribution is 2.16. The maximum absolute atomic E-state index is 9.04. The normalized spacial score (nSPS) is 10.8. The third kappa shape index (κ3) is 4.94. The Balaban J connectivity index is 1.88. The first-order valence-electron chi connectivity index (χ1n) is 7.84. The molecule has 0 amide bonds. The number of unbranched alkanes of at least 4 members (excludes halogenated alkanes) is 4. The van der Waals surface area contributed by atoms with Gasteiger partial charge in [-0.25, -0.2) is 9.97 Å². The van der Waals surface area contributed by atoms with Crippen molar-refractivity contribution in [2.45, 2.75) is 52.1 Å². The lowest BCUT2D eigenvalue weighted by molar-refractivity contribution is 0.282. The molecule has 3 nitrogen and oxygen atoms in total. The zero-order chi connectivity index (χ0) is 14.9. The van der Waals surface area contributed by atoms with Gasteiger partial charge in [-0.1, -0.05) is 56.9 Å². The van der Waals surface area contributed by atoms with Crippen molar-refractivity contribution >= 4 is 0 Å². The van der Waals surface area contributed by atoms with Crippen molar-refractivity contribution in [3.63, 3.8) is 0 Å². The van der Waals surface area contributed by atoms with E-state index < -0.39 is 0 Å². The molecule has 0 radical (unpaired) electrons. The van der Waals surface area contributed by atoms with Crippen LogP contribution in [0.3, 0.4) is 0 Å². The van der Waals surface area contributed by atoms with Gasteiger partial charge in [0.25, 0.3) is 0 Å². The largest absolute Gasteiger partial charge is 0.392 e. The Bertz CT molecular complexity index is 520. The van der Waals surface area contributed by atoms with Gasteiger partial charge in [0.05, 0.1) is 6.61 Å². The van der Waals surface area contributed by atoms with Gasteiger partial charge < -0.3 is 5.11 Å². The Morgan fingerprint density at radius 2 is 1.52 bits per heavy atom. The summed E-state index contributed by atoms with van der Waals surface area (Å²) in [7, 11) is 0. The lowest BCUT2D eigenvalue weighted by atomic mass is 10.1. The van der Waals surface area contributed by atoms with Crippen LogP contribution in [-0.4, -0.2) is 15.1 Å². The predicted molar refractivity (Wildman–Crippen MR) is 85.9 cm³/mol. The van der Waals surface area contributed by atoms with E-state index in [2.05, 4.69) is 16.9 Å². The van der Waals surface area contributed by atoms with Crippen LogP contribution in [0, 0.1) is 0 Å². The first-order chi connectivity index (χ1) is 10.3. The second-order valence-electron chi connectivity index (χ2n) is 5.43. The van der Waals surface area contributed by atoms with Gasteiger partial charge in [-0.3, -0.25) is 0 Å². The minimum absolute atomic E-state index is 0.0676. The predicted octanol–water partition coefficient (Wildman–Crippen LogP) is 4.15. The van der Waals surface area contributed by atoms with E-state index in [-0.39, 0.29) is 6.61 Å². The fourth-order valence-corrected chi connectivity index (χ4v) is 2.32. The first kappa shape index (κ1) is 15.6. The Labute approximate surface area is 127 Å². The number of hydrogen-bond acceptors (Lipinski definition) is 3. The van der Waals surface area contributed by atoms with Crippen molar-refractivity contribution < 1.29 is 5.11 Å². The standard InChI is InChI=1S/C18H24N2O/c1-2-3-4-5-6-7-16-12-19-18(20-13-16)17-10-8-15(14-21)9-11-17/h8-13,21H,2-7,14H2,1H3. The van der Waals surface area contributed by atoms with Gasteiger partial charge in [-0.15, -0.1) is 0 Å². The summed E-state index contributed by atoms with van der Waals surface area (Å²) in [6.45, 7) is 2.30. The fourth-order valence-electron chi connectivity index (χ4n) is 2.32. The number of aryl methyl sites for hydroxylation is 1. The lowest BCUT2D eigenvalue weighted by Crippen LogP contribution is -1.93. The molecule has 0 saturated carbocycles. The van der Waals surface area contributed by atoms with E-state index in [9.17, 15) is 0 Å². The van der Waals surface area contributed by atoms with Crippen LogP contribution in [0.5, 0.6) is 0 Å². The van der Waals surface area contributed by atoms with E-state index in [0.717, 1.165) is 23.4 Å². The molecule has 0 bridgehead atoms. The third-order valence-electron chi connectivity index (χ3n) is 3.67. The van der Waals surface area contributed by atoms with E-state index in [4.69, 9.17) is 5.11 Å². The van der Waals surface area contributed by atoms with Crippen molar-refractivity contribution in [3.05, 3.63) is 47.8 Å². The molecule has 3 heteroatoms. The van der Waals surface area contributed by atoms with Gasteiger partial charge in [0.15, 0.2) is 5.82 Å². The van der Waals surface area contributed by atoms with Crippen molar-refractivity contribution in [1.82, 2.24) is 9.97 Å². The summed E-state index contributed by atoms with van der Waals surface area (Å²) in [6, 6.07) is 7.71. The Hall–Kier alpha value is -1.74. The van der Waals surface area contributed by atoms with Gasteiger partial charge in [-0.05, 0) is 24.0 Å². The average molecular weight is 284 g/mol. The van der Waals surface area contributed by atoms with Crippen molar-refractivity contribution in [1.29, 1.82) is 0 Å². The van der Waals surface area contributed by atoms with E-state index >= 15 is 0 Å². The number of aliphatic hydroxyl groups is 1. The Morgan fingerprint density at radius 1 is 0.857 bits per heavy atom. The van der Waals surface area contributed by atoms with Crippen molar-refractivity contribution in [2.75, 3.05) is 0 Å². The molecule has 0 saturated heterocycles. The Kier molecular flexibility index (Phi) is 6.35. The molecule has 0 aliphatic heterocycles. The highest BCUT2D eigenvalue weighted by molar-refractivity contribution is 5.54. The maximum atomic E-state index is 9.04. The maximum Gasteiger partial charge on any atom is 0.159 e. The Morgan fingerprint density at radius 3 is 2.14 bits per heavy atom. The number of benzene rings is 1. The molecule has 1 aromatic carbocycles. The summed E-state index contributed by atoms with van der Waals surface area (Å²) in [5, 5.41) is 9.04. The number of nitrogens with zero attached hydrogens (tertiary/aromatic N) is 2. The molecule has 0 spiro atoms. The van der Waals surface area contributed by atoms with E-state index in [1.165, 1.54) is 37.7 Å². The highest BCUT2D eigenvalue weighted by atomic mass is 16.3. The summed E-state index contributed by atoms with van der Waals surface area (Å²) in [5.41, 5.74) is 3.10. The van der Waals surface area contributed by atoms with Crippen LogP contribution in [0.4, 0.5) is 0 Å². The average Bonchev–Trinajstić information content (AvgIpc) is 2.55. The van der Waals surface area contributed by atoms with Gasteiger partial charge in [-0.2, -0.15) is 0 Å². The molecule has 0 aliphatic carbocycles. The molecule has 0 fully saturated rings. The summed E-state index contributed by atoms with van der Waals surface area (Å²) in [6.07, 6.45) is 11.4. The topological polar surface area (TPSA) is 46.0 Å². The molecule has 0 aliphatic rings. The third-order valence-corrected chi connectivity index (χ3v) is 3.67. The minimum Gasteiger partial charge on any atom is -0.392 e. The smallest absolute Gasteiger partial charge is 0.159 e. The molecule has 2 aromatic rings. The van der Waals surface area contributed by atoms with Crippen LogP contribution in [0.15, 0.2) is 36.7 Å². The van der Waals surface area contributed by atoms with Crippen LogP contribution >= 0.6 is 0 Å². The highest BCUT2D eigenvalue weighted by Gasteiger charge is 2.02. The molecular formula is C18H24N2O. The lowest BCUT2D eigenvalue weighted by Gasteiger charge is -2.04. The molecule has 1 N–H and O–H groups in total. The van der Waals surface area contributed by atoms with Crippen LogP contribution in [0.2, 0.25) is 0 Å². The number of aromatic nitrogens is 2. The number of aliphatic hydroxyl groups excluding tert-OH is 1. The fraction of sp³-hybridized carbons (Fsp3) is 0.444. The van der Waals surface area contributed by atoms with Crippen LogP contribution < -0.4 is 0 Å². The van der Waals surface area contributed by atoms with E-state index in [0.29, 0.717) is 0 Å². The molecule has 2 rings (SSSR count). The van der Waals surface area contributed by atoms with E-state index in [1.54, 1.807) is 0 Å². The van der Waals surface area contributed by atoms with Gasteiger partial charge in [0, 0.05) is 18.0 Å². The van der Waals surface area contributed by atoms with E-state index in [1.807, 2.05) is 36.7 Å².